The molecular formula is C25H38O5. The SMILES string of the molecule is CCC(C)C(=O)O[C@H]1C[C@@H](C)C=C2C=C[C@H](C)C(CCC3(C)CC(O)CC(=O)O3)C21. The molecule has 5 heteroatoms. The van der Waals surface area contributed by atoms with Gasteiger partial charge in [0.05, 0.1) is 18.4 Å². The number of carbonyl (C=O) groups is 2. The Morgan fingerprint density at radius 2 is 2.13 bits per heavy atom. The van der Waals surface area contributed by atoms with Crippen molar-refractivity contribution in [2.45, 2.75) is 91.0 Å². The van der Waals surface area contributed by atoms with Crippen LogP contribution in [0.25, 0.3) is 0 Å². The molecule has 0 amide bonds. The first kappa shape index (κ1) is 23.1. The van der Waals surface area contributed by atoms with Crippen LogP contribution in [0.5, 0.6) is 0 Å². The van der Waals surface area contributed by atoms with Gasteiger partial charge in [0.25, 0.3) is 0 Å². The minimum atomic E-state index is -0.635. The highest BCUT2D eigenvalue weighted by atomic mass is 16.6. The Morgan fingerprint density at radius 3 is 2.80 bits per heavy atom. The molecule has 1 N–H and O–H groups in total. The molecule has 5 nitrogen and oxygen atoms in total. The van der Waals surface area contributed by atoms with Gasteiger partial charge >= 0.3 is 11.9 Å². The van der Waals surface area contributed by atoms with E-state index in [1.165, 1.54) is 5.57 Å². The third kappa shape index (κ3) is 5.16. The number of aliphatic hydroxyl groups excluding tert-OH is 1. The molecule has 1 heterocycles. The van der Waals surface area contributed by atoms with Crippen LogP contribution >= 0.6 is 0 Å². The van der Waals surface area contributed by atoms with Crippen molar-refractivity contribution in [1.82, 2.24) is 0 Å². The van der Waals surface area contributed by atoms with Gasteiger partial charge in [-0.2, -0.15) is 0 Å². The number of carbonyl (C=O) groups excluding carboxylic acids is 2. The maximum absolute atomic E-state index is 12.6. The van der Waals surface area contributed by atoms with E-state index in [1.807, 2.05) is 20.8 Å². The third-order valence-electron chi connectivity index (χ3n) is 7.31. The molecule has 30 heavy (non-hydrogen) atoms. The summed E-state index contributed by atoms with van der Waals surface area (Å²) in [5.41, 5.74) is 0.634. The predicted molar refractivity (Wildman–Crippen MR) is 115 cm³/mol. The first-order valence-electron chi connectivity index (χ1n) is 11.6. The smallest absolute Gasteiger partial charge is 0.308 e. The Kier molecular flexibility index (Phi) is 7.11. The summed E-state index contributed by atoms with van der Waals surface area (Å²) >= 11 is 0. The van der Waals surface area contributed by atoms with Crippen LogP contribution in [-0.4, -0.2) is 34.9 Å². The van der Waals surface area contributed by atoms with Crippen molar-refractivity contribution in [3.8, 4) is 0 Å². The van der Waals surface area contributed by atoms with E-state index in [1.54, 1.807) is 0 Å². The fourth-order valence-electron chi connectivity index (χ4n) is 5.40. The number of cyclic esters (lactones) is 1. The van der Waals surface area contributed by atoms with Crippen molar-refractivity contribution in [1.29, 1.82) is 0 Å². The van der Waals surface area contributed by atoms with Crippen molar-refractivity contribution in [3.63, 3.8) is 0 Å². The Balaban J connectivity index is 1.78. The van der Waals surface area contributed by atoms with E-state index < -0.39 is 11.7 Å². The largest absolute Gasteiger partial charge is 0.461 e. The molecule has 1 saturated heterocycles. The van der Waals surface area contributed by atoms with Crippen LogP contribution in [0.15, 0.2) is 23.8 Å². The molecule has 1 aliphatic heterocycles. The number of esters is 2. The Bertz CT molecular complexity index is 710. The van der Waals surface area contributed by atoms with Gasteiger partial charge in [-0.15, -0.1) is 0 Å². The lowest BCUT2D eigenvalue weighted by Crippen LogP contribution is -2.44. The summed E-state index contributed by atoms with van der Waals surface area (Å²) < 4.78 is 11.7. The van der Waals surface area contributed by atoms with Gasteiger partial charge in [0.2, 0.25) is 0 Å². The number of rotatable bonds is 6. The van der Waals surface area contributed by atoms with Crippen LogP contribution in [0, 0.1) is 29.6 Å². The van der Waals surface area contributed by atoms with Crippen LogP contribution < -0.4 is 0 Å². The Labute approximate surface area is 180 Å². The quantitative estimate of drug-likeness (QED) is 0.639. The molecule has 0 radical (unpaired) electrons. The van der Waals surface area contributed by atoms with E-state index in [9.17, 15) is 14.7 Å². The van der Waals surface area contributed by atoms with Crippen molar-refractivity contribution < 1.29 is 24.2 Å². The standard InChI is InChI=1S/C25H38O5/c1-6-16(3)24(28)29-21-12-15(2)11-18-8-7-17(4)20(23(18)21)9-10-25(5)14-19(26)13-22(27)30-25/h7-8,11,15-17,19-21,23,26H,6,9-10,12-14H2,1-5H3/t15-,16?,17-,19?,20?,21-,23?,25?/m0/s1. The van der Waals surface area contributed by atoms with Gasteiger partial charge in [0.15, 0.2) is 0 Å². The first-order valence-corrected chi connectivity index (χ1v) is 11.6. The number of hydrogen-bond donors (Lipinski definition) is 1. The van der Waals surface area contributed by atoms with Crippen LogP contribution in [0.2, 0.25) is 0 Å². The van der Waals surface area contributed by atoms with Crippen LogP contribution in [-0.2, 0) is 19.1 Å². The molecule has 3 rings (SSSR count). The highest BCUT2D eigenvalue weighted by Crippen LogP contribution is 2.46. The lowest BCUT2D eigenvalue weighted by molar-refractivity contribution is -0.175. The van der Waals surface area contributed by atoms with E-state index in [4.69, 9.17) is 9.47 Å². The molecule has 0 aromatic carbocycles. The number of allylic oxidation sites excluding steroid dienone is 3. The summed E-state index contributed by atoms with van der Waals surface area (Å²) in [6, 6.07) is 0. The molecule has 5 unspecified atom stereocenters. The van der Waals surface area contributed by atoms with E-state index in [0.717, 1.165) is 19.3 Å². The van der Waals surface area contributed by atoms with Crippen molar-refractivity contribution >= 4 is 11.9 Å². The normalized spacial score (nSPS) is 39.5. The molecule has 0 spiro atoms. The Morgan fingerprint density at radius 1 is 1.40 bits per heavy atom. The second-order valence-corrected chi connectivity index (χ2v) is 10.1. The summed E-state index contributed by atoms with van der Waals surface area (Å²) in [4.78, 5) is 24.5. The van der Waals surface area contributed by atoms with Crippen molar-refractivity contribution in [2.24, 2.45) is 29.6 Å². The molecule has 0 bridgehead atoms. The van der Waals surface area contributed by atoms with Gasteiger partial charge in [-0.1, -0.05) is 45.9 Å². The minimum Gasteiger partial charge on any atom is -0.461 e. The summed E-state index contributed by atoms with van der Waals surface area (Å²) in [6.45, 7) is 10.3. The lowest BCUT2D eigenvalue weighted by atomic mass is 9.64. The number of fused-ring (bicyclic) bond motifs is 1. The zero-order valence-corrected chi connectivity index (χ0v) is 19.1. The molecule has 2 aliphatic carbocycles. The lowest BCUT2D eigenvalue weighted by Gasteiger charge is -2.44. The average Bonchev–Trinajstić information content (AvgIpc) is 2.65. The summed E-state index contributed by atoms with van der Waals surface area (Å²) in [6.07, 6.45) is 9.77. The zero-order chi connectivity index (χ0) is 22.1. The topological polar surface area (TPSA) is 72.8 Å². The molecule has 8 atom stereocenters. The van der Waals surface area contributed by atoms with Gasteiger partial charge in [-0.05, 0) is 55.9 Å². The molecule has 0 saturated carbocycles. The van der Waals surface area contributed by atoms with E-state index >= 15 is 0 Å². The molecular weight excluding hydrogens is 380 g/mol. The van der Waals surface area contributed by atoms with E-state index in [0.29, 0.717) is 30.6 Å². The predicted octanol–water partition coefficient (Wildman–Crippen LogP) is 4.59. The maximum Gasteiger partial charge on any atom is 0.308 e. The number of hydrogen-bond acceptors (Lipinski definition) is 5. The maximum atomic E-state index is 12.6. The molecule has 3 aliphatic rings. The van der Waals surface area contributed by atoms with E-state index in [2.05, 4.69) is 32.1 Å². The van der Waals surface area contributed by atoms with Crippen molar-refractivity contribution in [2.75, 3.05) is 0 Å². The average molecular weight is 419 g/mol. The van der Waals surface area contributed by atoms with Gasteiger partial charge in [0.1, 0.15) is 11.7 Å². The van der Waals surface area contributed by atoms with E-state index in [-0.39, 0.29) is 36.3 Å². The summed E-state index contributed by atoms with van der Waals surface area (Å²) in [5.74, 6) is 0.676. The van der Waals surface area contributed by atoms with Gasteiger partial charge in [-0.25, -0.2) is 0 Å². The summed E-state index contributed by atoms with van der Waals surface area (Å²) in [7, 11) is 0. The molecule has 168 valence electrons. The second kappa shape index (κ2) is 9.25. The van der Waals surface area contributed by atoms with Gasteiger partial charge in [0, 0.05) is 12.3 Å². The number of ether oxygens (including phenoxy) is 2. The molecule has 0 aromatic heterocycles. The molecule has 1 fully saturated rings. The second-order valence-electron chi connectivity index (χ2n) is 10.1. The minimum absolute atomic E-state index is 0.0825. The highest BCUT2D eigenvalue weighted by Gasteiger charge is 2.44. The fourth-order valence-corrected chi connectivity index (χ4v) is 5.40. The van der Waals surface area contributed by atoms with Gasteiger partial charge < -0.3 is 14.6 Å². The third-order valence-corrected chi connectivity index (χ3v) is 7.31. The van der Waals surface area contributed by atoms with Crippen molar-refractivity contribution in [3.05, 3.63) is 23.8 Å². The van der Waals surface area contributed by atoms with Crippen LogP contribution in [0.1, 0.15) is 73.1 Å². The molecule has 0 aromatic rings. The zero-order valence-electron chi connectivity index (χ0n) is 19.1. The van der Waals surface area contributed by atoms with Crippen LogP contribution in [0.4, 0.5) is 0 Å². The number of aliphatic hydroxyl groups is 1. The summed E-state index contributed by atoms with van der Waals surface area (Å²) in [5, 5.41) is 10.1. The Hall–Kier alpha value is -1.62. The first-order chi connectivity index (χ1) is 14.1. The monoisotopic (exact) mass is 418 g/mol. The van der Waals surface area contributed by atoms with Gasteiger partial charge in [-0.3, -0.25) is 9.59 Å². The highest BCUT2D eigenvalue weighted by molar-refractivity contribution is 5.72. The van der Waals surface area contributed by atoms with Crippen LogP contribution in [0.3, 0.4) is 0 Å². The fraction of sp³-hybridized carbons (Fsp3) is 0.760.